The van der Waals surface area contributed by atoms with E-state index in [-0.39, 0.29) is 6.42 Å². The van der Waals surface area contributed by atoms with Gasteiger partial charge in [0.1, 0.15) is 11.8 Å². The molecule has 0 fully saturated rings. The van der Waals surface area contributed by atoms with Crippen LogP contribution < -0.4 is 4.74 Å². The van der Waals surface area contributed by atoms with Gasteiger partial charge in [-0.2, -0.15) is 5.26 Å². The summed E-state index contributed by atoms with van der Waals surface area (Å²) in [5.74, 6) is -0.478. The first-order valence-corrected chi connectivity index (χ1v) is 4.86. The van der Waals surface area contributed by atoms with Crippen molar-refractivity contribution in [1.29, 1.82) is 5.26 Å². The van der Waals surface area contributed by atoms with Crippen molar-refractivity contribution in [3.05, 3.63) is 27.7 Å². The summed E-state index contributed by atoms with van der Waals surface area (Å²) in [5.41, 5.74) is 0.907. The number of carboxylic acids is 1. The minimum absolute atomic E-state index is 0.127. The highest BCUT2D eigenvalue weighted by Gasteiger charge is 2.10. The van der Waals surface area contributed by atoms with Gasteiger partial charge in [0.25, 0.3) is 0 Å². The Kier molecular flexibility index (Phi) is 3.69. The van der Waals surface area contributed by atoms with E-state index in [0.717, 1.165) is 0 Å². The number of aliphatic carboxylic acids is 1. The van der Waals surface area contributed by atoms with E-state index in [9.17, 15) is 4.79 Å². The number of rotatable bonds is 3. The fraction of sp³-hybridized carbons (Fsp3) is 0.200. The largest absolute Gasteiger partial charge is 0.496 e. The van der Waals surface area contributed by atoms with Crippen LogP contribution in [0.25, 0.3) is 0 Å². The number of carboxylic acid groups (broad SMARTS) is 1. The number of nitrogens with zero attached hydrogens (tertiary/aromatic N) is 1. The lowest BCUT2D eigenvalue weighted by Crippen LogP contribution is -2.01. The third kappa shape index (κ3) is 2.70. The van der Waals surface area contributed by atoms with Crippen molar-refractivity contribution in [2.75, 3.05) is 7.11 Å². The van der Waals surface area contributed by atoms with Crippen molar-refractivity contribution in [2.45, 2.75) is 6.42 Å². The van der Waals surface area contributed by atoms with Crippen LogP contribution in [-0.2, 0) is 11.2 Å². The second-order valence-electron chi connectivity index (χ2n) is 2.84. The Labute approximate surface area is 95.2 Å². The van der Waals surface area contributed by atoms with Crippen LogP contribution in [0.2, 0.25) is 0 Å². The predicted molar refractivity (Wildman–Crippen MR) is 56.7 cm³/mol. The highest BCUT2D eigenvalue weighted by Crippen LogP contribution is 2.29. The second-order valence-corrected chi connectivity index (χ2v) is 3.63. The number of methoxy groups -OCH3 is 1. The molecule has 0 saturated heterocycles. The highest BCUT2D eigenvalue weighted by atomic mass is 79.9. The summed E-state index contributed by atoms with van der Waals surface area (Å²) in [6, 6.07) is 5.09. The van der Waals surface area contributed by atoms with Gasteiger partial charge in [-0.3, -0.25) is 4.79 Å². The van der Waals surface area contributed by atoms with Gasteiger partial charge < -0.3 is 9.84 Å². The fourth-order valence-corrected chi connectivity index (χ4v) is 1.64. The summed E-state index contributed by atoms with van der Waals surface area (Å²) >= 11 is 3.21. The lowest BCUT2D eigenvalue weighted by molar-refractivity contribution is -0.136. The summed E-state index contributed by atoms with van der Waals surface area (Å²) in [4.78, 5) is 10.5. The Balaban J connectivity index is 3.22. The van der Waals surface area contributed by atoms with Crippen LogP contribution in [0.1, 0.15) is 11.1 Å². The van der Waals surface area contributed by atoms with Gasteiger partial charge in [0.05, 0.1) is 23.6 Å². The molecule has 0 aliphatic carbocycles. The molecule has 1 aromatic rings. The average Bonchev–Trinajstić information content (AvgIpc) is 2.19. The fourth-order valence-electron chi connectivity index (χ4n) is 1.16. The third-order valence-corrected chi connectivity index (χ3v) is 2.61. The molecule has 0 spiro atoms. The number of hydrogen-bond donors (Lipinski definition) is 1. The van der Waals surface area contributed by atoms with Crippen LogP contribution in [0.15, 0.2) is 16.6 Å². The summed E-state index contributed by atoms with van der Waals surface area (Å²) in [6.07, 6.45) is -0.127. The van der Waals surface area contributed by atoms with Gasteiger partial charge in [-0.15, -0.1) is 0 Å². The van der Waals surface area contributed by atoms with E-state index in [1.807, 2.05) is 6.07 Å². The molecular weight excluding hydrogens is 262 g/mol. The molecule has 0 aliphatic rings. The normalized spacial score (nSPS) is 9.40. The number of benzene rings is 1. The smallest absolute Gasteiger partial charge is 0.307 e. The van der Waals surface area contributed by atoms with Crippen molar-refractivity contribution in [3.63, 3.8) is 0 Å². The summed E-state index contributed by atoms with van der Waals surface area (Å²) < 4.78 is 5.56. The van der Waals surface area contributed by atoms with Crippen LogP contribution in [0, 0.1) is 11.3 Å². The van der Waals surface area contributed by atoms with Crippen molar-refractivity contribution >= 4 is 21.9 Å². The molecule has 0 aliphatic heterocycles. The Morgan fingerprint density at radius 1 is 1.67 bits per heavy atom. The number of carbonyl (C=O) groups is 1. The van der Waals surface area contributed by atoms with Crippen molar-refractivity contribution in [3.8, 4) is 11.8 Å². The van der Waals surface area contributed by atoms with Crippen LogP contribution in [0.5, 0.6) is 5.75 Å². The molecule has 0 bridgehead atoms. The van der Waals surface area contributed by atoms with E-state index < -0.39 is 5.97 Å². The van der Waals surface area contributed by atoms with Gasteiger partial charge in [-0.05, 0) is 33.6 Å². The van der Waals surface area contributed by atoms with E-state index in [1.165, 1.54) is 13.2 Å². The molecule has 0 atom stereocenters. The highest BCUT2D eigenvalue weighted by molar-refractivity contribution is 9.10. The van der Waals surface area contributed by atoms with Gasteiger partial charge in [-0.1, -0.05) is 0 Å². The Hall–Kier alpha value is -1.54. The van der Waals surface area contributed by atoms with E-state index >= 15 is 0 Å². The van der Waals surface area contributed by atoms with Gasteiger partial charge in [0, 0.05) is 0 Å². The zero-order chi connectivity index (χ0) is 11.4. The molecule has 0 heterocycles. The van der Waals surface area contributed by atoms with E-state index in [4.69, 9.17) is 15.1 Å². The topological polar surface area (TPSA) is 70.3 Å². The van der Waals surface area contributed by atoms with Gasteiger partial charge in [-0.25, -0.2) is 0 Å². The monoisotopic (exact) mass is 269 g/mol. The zero-order valence-electron chi connectivity index (χ0n) is 7.95. The average molecular weight is 270 g/mol. The molecular formula is C10H8BrNO3. The van der Waals surface area contributed by atoms with Crippen LogP contribution >= 0.6 is 15.9 Å². The van der Waals surface area contributed by atoms with Crippen LogP contribution in [0.4, 0.5) is 0 Å². The van der Waals surface area contributed by atoms with Crippen molar-refractivity contribution in [1.82, 2.24) is 0 Å². The number of hydrogen-bond acceptors (Lipinski definition) is 3. The van der Waals surface area contributed by atoms with Crippen molar-refractivity contribution in [2.24, 2.45) is 0 Å². The molecule has 1 aromatic carbocycles. The molecule has 0 radical (unpaired) electrons. The first kappa shape index (κ1) is 11.5. The molecule has 1 rings (SSSR count). The minimum Gasteiger partial charge on any atom is -0.496 e. The SMILES string of the molecule is COc1cc(CC(=O)O)cc(C#N)c1Br. The van der Waals surface area contributed by atoms with Gasteiger partial charge in [0.15, 0.2) is 0 Å². The lowest BCUT2D eigenvalue weighted by Gasteiger charge is -2.07. The number of nitriles is 1. The van der Waals surface area contributed by atoms with Crippen molar-refractivity contribution < 1.29 is 14.6 Å². The van der Waals surface area contributed by atoms with Crippen LogP contribution in [0.3, 0.4) is 0 Å². The minimum atomic E-state index is -0.941. The first-order chi connectivity index (χ1) is 7.08. The number of halogens is 1. The molecule has 0 aromatic heterocycles. The molecule has 5 heteroatoms. The van der Waals surface area contributed by atoms with E-state index in [2.05, 4.69) is 15.9 Å². The Morgan fingerprint density at radius 2 is 2.33 bits per heavy atom. The molecule has 0 unspecified atom stereocenters. The van der Waals surface area contributed by atoms with E-state index in [0.29, 0.717) is 21.3 Å². The zero-order valence-corrected chi connectivity index (χ0v) is 9.54. The molecule has 0 saturated carbocycles. The summed E-state index contributed by atoms with van der Waals surface area (Å²) in [7, 11) is 1.46. The quantitative estimate of drug-likeness (QED) is 0.911. The van der Waals surface area contributed by atoms with Gasteiger partial charge >= 0.3 is 5.97 Å². The van der Waals surface area contributed by atoms with Crippen LogP contribution in [-0.4, -0.2) is 18.2 Å². The number of ether oxygens (including phenoxy) is 1. The molecule has 4 nitrogen and oxygen atoms in total. The maximum Gasteiger partial charge on any atom is 0.307 e. The molecule has 78 valence electrons. The molecule has 0 amide bonds. The summed E-state index contributed by atoms with van der Waals surface area (Å²) in [5, 5.41) is 17.4. The maximum atomic E-state index is 10.5. The molecule has 15 heavy (non-hydrogen) atoms. The second kappa shape index (κ2) is 4.80. The summed E-state index contributed by atoms with van der Waals surface area (Å²) in [6.45, 7) is 0. The standard InChI is InChI=1S/C10H8BrNO3/c1-15-8-3-6(4-9(13)14)2-7(5-12)10(8)11/h2-3H,4H2,1H3,(H,13,14). The first-order valence-electron chi connectivity index (χ1n) is 4.06. The lowest BCUT2D eigenvalue weighted by atomic mass is 10.1. The van der Waals surface area contributed by atoms with E-state index in [1.54, 1.807) is 6.07 Å². The Morgan fingerprint density at radius 3 is 2.80 bits per heavy atom. The predicted octanol–water partition coefficient (Wildman–Crippen LogP) is 1.96. The van der Waals surface area contributed by atoms with Gasteiger partial charge in [0.2, 0.25) is 0 Å². The third-order valence-electron chi connectivity index (χ3n) is 1.79. The Bertz CT molecular complexity index is 437. The molecule has 1 N–H and O–H groups in total. The maximum absolute atomic E-state index is 10.5.